The van der Waals surface area contributed by atoms with E-state index in [9.17, 15) is 9.59 Å². The quantitative estimate of drug-likeness (QED) is 0.555. The van der Waals surface area contributed by atoms with Crippen LogP contribution < -0.4 is 5.32 Å². The maximum atomic E-state index is 12.0. The van der Waals surface area contributed by atoms with E-state index in [0.29, 0.717) is 19.6 Å². The Kier molecular flexibility index (Phi) is 3.16. The maximum absolute atomic E-state index is 12.0. The Labute approximate surface area is 102 Å². The number of likely N-dealkylation sites (tertiary alicyclic amines) is 1. The van der Waals surface area contributed by atoms with Gasteiger partial charge >= 0.3 is 0 Å². The Morgan fingerprint density at radius 3 is 2.76 bits per heavy atom. The Hall–Kier alpha value is -1.04. The minimum absolute atomic E-state index is 0.0506. The summed E-state index contributed by atoms with van der Waals surface area (Å²) in [6, 6.07) is -0.470. The lowest BCUT2D eigenvalue weighted by Crippen LogP contribution is -2.51. The minimum Gasteiger partial charge on any atom is -0.368 e. The average molecular weight is 236 g/mol. The summed E-state index contributed by atoms with van der Waals surface area (Å²) in [5, 5.41) is 2.90. The largest absolute Gasteiger partial charge is 0.368 e. The van der Waals surface area contributed by atoms with Crippen molar-refractivity contribution in [2.24, 2.45) is 0 Å². The smallest absolute Gasteiger partial charge is 0.243 e. The molecule has 2 aliphatic rings. The second kappa shape index (κ2) is 4.33. The van der Waals surface area contributed by atoms with Gasteiger partial charge in [-0.3, -0.25) is 9.59 Å². The standard InChI is InChI=1S/C11H17BN2O3/c1-7(11(2)6-17-11)13-9(15)8-4-3-5-14(8)10(12)16/h7-8H,3-6H2,1-2H3,(H,13,15). The molecule has 2 amide bonds. The van der Waals surface area contributed by atoms with Crippen LogP contribution in [0.5, 0.6) is 0 Å². The van der Waals surface area contributed by atoms with E-state index in [4.69, 9.17) is 12.6 Å². The van der Waals surface area contributed by atoms with Crippen LogP contribution in [0, 0.1) is 0 Å². The normalized spacial score (nSPS) is 33.3. The molecular weight excluding hydrogens is 219 g/mol. The number of epoxide rings is 1. The summed E-state index contributed by atoms with van der Waals surface area (Å²) in [6.45, 7) is 5.10. The average Bonchev–Trinajstić information content (AvgIpc) is 2.83. The second-order valence-electron chi connectivity index (χ2n) is 5.02. The molecule has 0 aromatic carbocycles. The minimum atomic E-state index is -0.524. The van der Waals surface area contributed by atoms with Gasteiger partial charge in [-0.05, 0) is 26.7 Å². The number of amides is 2. The molecular formula is C11H17BN2O3. The molecule has 17 heavy (non-hydrogen) atoms. The highest BCUT2D eigenvalue weighted by molar-refractivity contribution is 6.57. The summed E-state index contributed by atoms with van der Waals surface area (Å²) in [5.41, 5.74) is -0.244. The lowest BCUT2D eigenvalue weighted by molar-refractivity contribution is -0.125. The fraction of sp³-hybridized carbons (Fsp3) is 0.818. The van der Waals surface area contributed by atoms with Crippen LogP contribution in [-0.2, 0) is 9.53 Å². The van der Waals surface area contributed by atoms with E-state index in [-0.39, 0.29) is 17.6 Å². The third-order valence-corrected chi connectivity index (χ3v) is 3.71. The van der Waals surface area contributed by atoms with Crippen LogP contribution in [0.15, 0.2) is 0 Å². The van der Waals surface area contributed by atoms with E-state index in [1.54, 1.807) is 0 Å². The molecule has 0 saturated carbocycles. The van der Waals surface area contributed by atoms with E-state index in [0.717, 1.165) is 6.42 Å². The zero-order chi connectivity index (χ0) is 12.6. The predicted molar refractivity (Wildman–Crippen MR) is 62.8 cm³/mol. The van der Waals surface area contributed by atoms with Gasteiger partial charge in [0.1, 0.15) is 11.6 Å². The number of nitrogens with one attached hydrogen (secondary N) is 1. The molecule has 1 N–H and O–H groups in total. The Morgan fingerprint density at radius 1 is 1.59 bits per heavy atom. The van der Waals surface area contributed by atoms with Crippen LogP contribution >= 0.6 is 0 Å². The third kappa shape index (κ3) is 2.46. The van der Waals surface area contributed by atoms with Crippen molar-refractivity contribution >= 4 is 19.6 Å². The third-order valence-electron chi connectivity index (χ3n) is 3.71. The molecule has 2 aliphatic heterocycles. The number of rotatable bonds is 3. The first-order valence-corrected chi connectivity index (χ1v) is 5.94. The van der Waals surface area contributed by atoms with Crippen molar-refractivity contribution in [3.63, 3.8) is 0 Å². The van der Waals surface area contributed by atoms with Gasteiger partial charge in [-0.1, -0.05) is 0 Å². The molecule has 2 radical (unpaired) electrons. The Morgan fingerprint density at radius 2 is 2.24 bits per heavy atom. The molecule has 0 spiro atoms. The number of nitrogens with zero attached hydrogens (tertiary/aromatic N) is 1. The van der Waals surface area contributed by atoms with Gasteiger partial charge < -0.3 is 15.0 Å². The van der Waals surface area contributed by atoms with Gasteiger partial charge in [0, 0.05) is 6.54 Å². The van der Waals surface area contributed by atoms with Crippen LogP contribution in [-0.4, -0.2) is 55.3 Å². The molecule has 2 heterocycles. The van der Waals surface area contributed by atoms with Gasteiger partial charge in [0.15, 0.2) is 5.81 Å². The van der Waals surface area contributed by atoms with Crippen molar-refractivity contribution in [1.82, 2.24) is 10.2 Å². The molecule has 2 rings (SSSR count). The number of hydrogen-bond acceptors (Lipinski definition) is 3. The molecule has 0 aliphatic carbocycles. The van der Waals surface area contributed by atoms with Crippen LogP contribution in [0.4, 0.5) is 4.79 Å². The molecule has 0 aromatic rings. The highest BCUT2D eigenvalue weighted by Gasteiger charge is 2.46. The van der Waals surface area contributed by atoms with E-state index < -0.39 is 11.8 Å². The molecule has 3 unspecified atom stereocenters. The predicted octanol–water partition coefficient (Wildman–Crippen LogP) is 0.0329. The summed E-state index contributed by atoms with van der Waals surface area (Å²) >= 11 is 0. The first-order chi connectivity index (χ1) is 7.94. The van der Waals surface area contributed by atoms with Crippen molar-refractivity contribution < 1.29 is 14.3 Å². The zero-order valence-electron chi connectivity index (χ0n) is 10.2. The summed E-state index contributed by atoms with van der Waals surface area (Å²) in [7, 11) is 5.24. The van der Waals surface area contributed by atoms with Crippen molar-refractivity contribution in [1.29, 1.82) is 0 Å². The van der Waals surface area contributed by atoms with Crippen molar-refractivity contribution in [2.45, 2.75) is 44.4 Å². The molecule has 2 saturated heterocycles. The fourth-order valence-electron chi connectivity index (χ4n) is 2.13. The summed E-state index contributed by atoms with van der Waals surface area (Å²) in [4.78, 5) is 24.6. The monoisotopic (exact) mass is 236 g/mol. The lowest BCUT2D eigenvalue weighted by Gasteiger charge is -2.26. The first kappa shape index (κ1) is 12.4. The van der Waals surface area contributed by atoms with Crippen LogP contribution in [0.25, 0.3) is 0 Å². The molecule has 2 fully saturated rings. The summed E-state index contributed by atoms with van der Waals surface area (Å²) in [5.74, 6) is -0.658. The molecule has 6 heteroatoms. The molecule has 5 nitrogen and oxygen atoms in total. The van der Waals surface area contributed by atoms with Crippen LogP contribution in [0.1, 0.15) is 26.7 Å². The lowest BCUT2D eigenvalue weighted by atomic mass is 10.0. The Bertz CT molecular complexity index is 344. The van der Waals surface area contributed by atoms with E-state index in [1.807, 2.05) is 13.8 Å². The number of ether oxygens (including phenoxy) is 1. The highest BCUT2D eigenvalue weighted by atomic mass is 16.6. The topological polar surface area (TPSA) is 61.9 Å². The maximum Gasteiger partial charge on any atom is 0.243 e. The van der Waals surface area contributed by atoms with Crippen LogP contribution in [0.2, 0.25) is 0 Å². The number of carbonyl (C=O) groups excluding carboxylic acids is 2. The number of carbonyl (C=O) groups is 2. The highest BCUT2D eigenvalue weighted by Crippen LogP contribution is 2.30. The van der Waals surface area contributed by atoms with Crippen molar-refractivity contribution in [3.8, 4) is 0 Å². The van der Waals surface area contributed by atoms with E-state index in [1.165, 1.54) is 4.90 Å². The van der Waals surface area contributed by atoms with E-state index in [2.05, 4.69) is 5.32 Å². The molecule has 3 atom stereocenters. The summed E-state index contributed by atoms with van der Waals surface area (Å²) in [6.07, 6.45) is 1.50. The fourth-order valence-corrected chi connectivity index (χ4v) is 2.13. The molecule has 0 bridgehead atoms. The van der Waals surface area contributed by atoms with Crippen molar-refractivity contribution in [2.75, 3.05) is 13.2 Å². The first-order valence-electron chi connectivity index (χ1n) is 5.94. The second-order valence-corrected chi connectivity index (χ2v) is 5.02. The van der Waals surface area contributed by atoms with E-state index >= 15 is 0 Å². The van der Waals surface area contributed by atoms with Crippen LogP contribution in [0.3, 0.4) is 0 Å². The van der Waals surface area contributed by atoms with Gasteiger partial charge in [-0.2, -0.15) is 0 Å². The van der Waals surface area contributed by atoms with Gasteiger partial charge in [0.05, 0.1) is 12.6 Å². The summed E-state index contributed by atoms with van der Waals surface area (Å²) < 4.78 is 5.28. The van der Waals surface area contributed by atoms with Gasteiger partial charge in [0.2, 0.25) is 13.8 Å². The van der Waals surface area contributed by atoms with Crippen molar-refractivity contribution in [3.05, 3.63) is 0 Å². The number of hydrogen-bond donors (Lipinski definition) is 1. The van der Waals surface area contributed by atoms with Gasteiger partial charge in [-0.25, -0.2) is 0 Å². The zero-order valence-corrected chi connectivity index (χ0v) is 10.2. The Balaban J connectivity index is 1.93. The molecule has 92 valence electrons. The molecule has 0 aromatic heterocycles. The van der Waals surface area contributed by atoms with Gasteiger partial charge in [-0.15, -0.1) is 0 Å². The van der Waals surface area contributed by atoms with Gasteiger partial charge in [0.25, 0.3) is 0 Å². The SMILES string of the molecule is [B]C(=O)N1CCCC1C(=O)NC(C)C1(C)CO1.